The van der Waals surface area contributed by atoms with Gasteiger partial charge in [0.25, 0.3) is 0 Å². The van der Waals surface area contributed by atoms with Crippen LogP contribution in [-0.4, -0.2) is 13.1 Å². The van der Waals surface area contributed by atoms with Gasteiger partial charge in [0.1, 0.15) is 0 Å². The minimum absolute atomic E-state index is 0.590. The van der Waals surface area contributed by atoms with Crippen LogP contribution < -0.4 is 5.32 Å². The van der Waals surface area contributed by atoms with E-state index in [0.717, 1.165) is 18.4 Å². The van der Waals surface area contributed by atoms with Crippen LogP contribution in [-0.2, 0) is 0 Å². The molecule has 1 aliphatic heterocycles. The number of piperidine rings is 1. The fraction of sp³-hybridized carbons (Fsp3) is 0.368. The van der Waals surface area contributed by atoms with Crippen molar-refractivity contribution in [2.45, 2.75) is 24.7 Å². The Morgan fingerprint density at radius 3 is 2.45 bits per heavy atom. The Hall–Kier alpha value is -1.60. The molecule has 0 saturated carbocycles. The smallest absolute Gasteiger partial charge is 0.00950 e. The summed E-state index contributed by atoms with van der Waals surface area (Å²) in [4.78, 5) is 0. The molecule has 0 amide bonds. The Balaban J connectivity index is 1.81. The third kappa shape index (κ3) is 1.97. The number of hydrogen-bond acceptors (Lipinski definition) is 1. The summed E-state index contributed by atoms with van der Waals surface area (Å²) in [6, 6.07) is 20.2. The molecule has 0 radical (unpaired) electrons. The van der Waals surface area contributed by atoms with Crippen molar-refractivity contribution in [3.8, 4) is 0 Å². The van der Waals surface area contributed by atoms with E-state index in [1.165, 1.54) is 24.9 Å². The van der Waals surface area contributed by atoms with Gasteiger partial charge in [-0.15, -0.1) is 0 Å². The molecule has 1 saturated heterocycles. The van der Waals surface area contributed by atoms with Gasteiger partial charge in [-0.2, -0.15) is 0 Å². The average molecular weight is 263 g/mol. The zero-order chi connectivity index (χ0) is 13.4. The predicted octanol–water partition coefficient (Wildman–Crippen LogP) is 3.92. The molecule has 3 atom stereocenters. The van der Waals surface area contributed by atoms with Gasteiger partial charge in [0, 0.05) is 12.5 Å². The normalized spacial score (nSPS) is 28.5. The molecule has 2 aromatic carbocycles. The molecule has 1 N–H and O–H groups in total. The van der Waals surface area contributed by atoms with E-state index in [1.54, 1.807) is 11.1 Å². The summed E-state index contributed by atoms with van der Waals surface area (Å²) >= 11 is 0. The third-order valence-corrected chi connectivity index (χ3v) is 5.14. The van der Waals surface area contributed by atoms with Crippen molar-refractivity contribution < 1.29 is 0 Å². The number of benzene rings is 2. The van der Waals surface area contributed by atoms with E-state index in [-0.39, 0.29) is 0 Å². The SMILES string of the molecule is c1ccc([C@H]2C[C@@H]3CCNC[C@H]3c3ccccc32)cc1. The fourth-order valence-electron chi connectivity index (χ4n) is 4.16. The van der Waals surface area contributed by atoms with E-state index < -0.39 is 0 Å². The average Bonchev–Trinajstić information content (AvgIpc) is 2.55. The summed E-state index contributed by atoms with van der Waals surface area (Å²) in [5.41, 5.74) is 4.63. The molecule has 102 valence electrons. The van der Waals surface area contributed by atoms with Gasteiger partial charge in [0.05, 0.1) is 0 Å². The minimum atomic E-state index is 0.590. The fourth-order valence-corrected chi connectivity index (χ4v) is 4.16. The van der Waals surface area contributed by atoms with Gasteiger partial charge in [-0.25, -0.2) is 0 Å². The molecular weight excluding hydrogens is 242 g/mol. The van der Waals surface area contributed by atoms with Crippen molar-refractivity contribution in [1.29, 1.82) is 0 Å². The molecule has 1 aliphatic carbocycles. The number of nitrogens with one attached hydrogen (secondary N) is 1. The zero-order valence-corrected chi connectivity index (χ0v) is 11.8. The van der Waals surface area contributed by atoms with E-state index in [0.29, 0.717) is 5.92 Å². The van der Waals surface area contributed by atoms with Crippen LogP contribution in [0.2, 0.25) is 0 Å². The first-order chi connectivity index (χ1) is 9.93. The lowest BCUT2D eigenvalue weighted by Crippen LogP contribution is -2.38. The van der Waals surface area contributed by atoms with Crippen molar-refractivity contribution in [2.75, 3.05) is 13.1 Å². The van der Waals surface area contributed by atoms with Crippen LogP contribution in [0.1, 0.15) is 41.4 Å². The number of fused-ring (bicyclic) bond motifs is 3. The molecular formula is C19H21N. The van der Waals surface area contributed by atoms with Crippen LogP contribution in [0.4, 0.5) is 0 Å². The Labute approximate surface area is 121 Å². The molecule has 1 nitrogen and oxygen atoms in total. The van der Waals surface area contributed by atoms with Gasteiger partial charge < -0.3 is 5.32 Å². The standard InChI is InChI=1S/C19H21N/c1-2-6-14(7-3-1)18-12-15-10-11-20-13-19(15)17-9-5-4-8-16(17)18/h1-9,15,18-20H,10-13H2/t15-,18+,19+/m0/s1. The first kappa shape index (κ1) is 12.2. The van der Waals surface area contributed by atoms with Gasteiger partial charge in [0.15, 0.2) is 0 Å². The highest BCUT2D eigenvalue weighted by atomic mass is 14.9. The molecule has 1 heterocycles. The molecule has 0 bridgehead atoms. The highest BCUT2D eigenvalue weighted by molar-refractivity contribution is 5.43. The van der Waals surface area contributed by atoms with Crippen LogP contribution in [0.5, 0.6) is 0 Å². The molecule has 2 aromatic rings. The second-order valence-corrected chi connectivity index (χ2v) is 6.19. The summed E-state index contributed by atoms with van der Waals surface area (Å²) in [6.07, 6.45) is 2.63. The quantitative estimate of drug-likeness (QED) is 0.822. The van der Waals surface area contributed by atoms with Crippen molar-refractivity contribution in [3.63, 3.8) is 0 Å². The van der Waals surface area contributed by atoms with Gasteiger partial charge in [-0.3, -0.25) is 0 Å². The van der Waals surface area contributed by atoms with Crippen molar-refractivity contribution in [2.24, 2.45) is 5.92 Å². The monoisotopic (exact) mass is 263 g/mol. The van der Waals surface area contributed by atoms with Crippen molar-refractivity contribution in [1.82, 2.24) is 5.32 Å². The second kappa shape index (κ2) is 5.06. The largest absolute Gasteiger partial charge is 0.316 e. The highest BCUT2D eigenvalue weighted by Crippen LogP contribution is 2.47. The Kier molecular flexibility index (Phi) is 3.08. The van der Waals surface area contributed by atoms with E-state index in [4.69, 9.17) is 0 Å². The predicted molar refractivity (Wildman–Crippen MR) is 83.1 cm³/mol. The van der Waals surface area contributed by atoms with Gasteiger partial charge >= 0.3 is 0 Å². The van der Waals surface area contributed by atoms with E-state index in [1.807, 2.05) is 0 Å². The molecule has 2 aliphatic rings. The topological polar surface area (TPSA) is 12.0 Å². The minimum Gasteiger partial charge on any atom is -0.316 e. The zero-order valence-electron chi connectivity index (χ0n) is 11.8. The highest BCUT2D eigenvalue weighted by Gasteiger charge is 2.36. The summed E-state index contributed by atoms with van der Waals surface area (Å²) in [7, 11) is 0. The maximum absolute atomic E-state index is 3.58. The molecule has 1 fully saturated rings. The Bertz CT molecular complexity index is 590. The van der Waals surface area contributed by atoms with Crippen LogP contribution in [0.3, 0.4) is 0 Å². The maximum atomic E-state index is 3.58. The first-order valence-corrected chi connectivity index (χ1v) is 7.78. The lowest BCUT2D eigenvalue weighted by atomic mass is 9.66. The summed E-state index contributed by atoms with van der Waals surface area (Å²) < 4.78 is 0. The molecule has 4 rings (SSSR count). The van der Waals surface area contributed by atoms with Crippen LogP contribution >= 0.6 is 0 Å². The summed E-state index contributed by atoms with van der Waals surface area (Å²) in [5.74, 6) is 2.16. The second-order valence-electron chi connectivity index (χ2n) is 6.19. The van der Waals surface area contributed by atoms with E-state index >= 15 is 0 Å². The lowest BCUT2D eigenvalue weighted by molar-refractivity contribution is 0.278. The third-order valence-electron chi connectivity index (χ3n) is 5.14. The van der Waals surface area contributed by atoms with Crippen LogP contribution in [0.15, 0.2) is 54.6 Å². The van der Waals surface area contributed by atoms with Crippen LogP contribution in [0.25, 0.3) is 0 Å². The maximum Gasteiger partial charge on any atom is 0.00950 e. The van der Waals surface area contributed by atoms with Gasteiger partial charge in [-0.05, 0) is 47.9 Å². The van der Waals surface area contributed by atoms with Gasteiger partial charge in [0.2, 0.25) is 0 Å². The molecule has 0 spiro atoms. The Morgan fingerprint density at radius 2 is 1.60 bits per heavy atom. The summed E-state index contributed by atoms with van der Waals surface area (Å²) in [6.45, 7) is 2.34. The van der Waals surface area contributed by atoms with E-state index in [2.05, 4.69) is 59.9 Å². The first-order valence-electron chi connectivity index (χ1n) is 7.78. The number of hydrogen-bond donors (Lipinski definition) is 1. The van der Waals surface area contributed by atoms with Gasteiger partial charge in [-0.1, -0.05) is 54.6 Å². The van der Waals surface area contributed by atoms with Crippen molar-refractivity contribution >= 4 is 0 Å². The van der Waals surface area contributed by atoms with E-state index in [9.17, 15) is 0 Å². The molecule has 20 heavy (non-hydrogen) atoms. The van der Waals surface area contributed by atoms with Crippen molar-refractivity contribution in [3.05, 3.63) is 71.3 Å². The molecule has 1 heteroatoms. The summed E-state index contributed by atoms with van der Waals surface area (Å²) in [5, 5.41) is 3.58. The molecule has 0 aromatic heterocycles. The Morgan fingerprint density at radius 1 is 0.850 bits per heavy atom. The number of rotatable bonds is 1. The molecule has 0 unspecified atom stereocenters. The lowest BCUT2D eigenvalue weighted by Gasteiger charge is -2.41. The van der Waals surface area contributed by atoms with Crippen LogP contribution in [0, 0.1) is 5.92 Å².